The number of nitrogens with zero attached hydrogens (tertiary/aromatic N) is 3. The molecule has 0 spiro atoms. The zero-order valence-electron chi connectivity index (χ0n) is 17.6. The van der Waals surface area contributed by atoms with Crippen LogP contribution in [0.1, 0.15) is 41.6 Å². The zero-order valence-corrected chi connectivity index (χ0v) is 19.1. The number of amides is 2. The molecule has 1 heterocycles. The van der Waals surface area contributed by atoms with E-state index in [1.807, 2.05) is 49.6 Å². The smallest absolute Gasteiger partial charge is 0.251 e. The summed E-state index contributed by atoms with van der Waals surface area (Å²) in [5.41, 5.74) is 2.21. The van der Waals surface area contributed by atoms with Gasteiger partial charge in [-0.3, -0.25) is 9.59 Å². The second kappa shape index (κ2) is 10.5. The summed E-state index contributed by atoms with van der Waals surface area (Å²) in [5, 5.41) is 15.5. The summed E-state index contributed by atoms with van der Waals surface area (Å²) in [4.78, 5) is 24.8. The second-order valence-corrected chi connectivity index (χ2v) is 8.32. The van der Waals surface area contributed by atoms with Crippen molar-refractivity contribution in [3.05, 3.63) is 70.5 Å². The van der Waals surface area contributed by atoms with Gasteiger partial charge in [-0.05, 0) is 50.6 Å². The maximum atomic E-state index is 12.4. The Labute approximate surface area is 190 Å². The van der Waals surface area contributed by atoms with Crippen LogP contribution in [-0.4, -0.2) is 32.3 Å². The van der Waals surface area contributed by atoms with Gasteiger partial charge >= 0.3 is 0 Å². The van der Waals surface area contributed by atoms with Gasteiger partial charge in [0.25, 0.3) is 5.91 Å². The van der Waals surface area contributed by atoms with Crippen LogP contribution < -0.4 is 10.6 Å². The molecule has 31 heavy (non-hydrogen) atoms. The van der Waals surface area contributed by atoms with Crippen LogP contribution in [-0.2, 0) is 11.3 Å². The molecule has 1 aromatic heterocycles. The fourth-order valence-corrected chi connectivity index (χ4v) is 3.99. The summed E-state index contributed by atoms with van der Waals surface area (Å²) in [7, 11) is 0. The van der Waals surface area contributed by atoms with Gasteiger partial charge in [0.2, 0.25) is 5.91 Å². The number of benzene rings is 2. The molecule has 0 saturated carbocycles. The van der Waals surface area contributed by atoms with E-state index in [0.29, 0.717) is 33.8 Å². The number of rotatable bonds is 8. The van der Waals surface area contributed by atoms with Crippen LogP contribution in [0, 0.1) is 6.92 Å². The third-order valence-corrected chi connectivity index (χ3v) is 5.84. The number of carbonyl (C=O) groups excluding carboxylic acids is 2. The Morgan fingerprint density at radius 2 is 1.90 bits per heavy atom. The topological polar surface area (TPSA) is 88.9 Å². The molecular formula is C22H24ClN5O2S. The van der Waals surface area contributed by atoms with Gasteiger partial charge in [0.15, 0.2) is 11.0 Å². The van der Waals surface area contributed by atoms with Crippen LogP contribution >= 0.6 is 23.4 Å². The Bertz CT molecular complexity index is 1070. The lowest BCUT2D eigenvalue weighted by atomic mass is 10.2. The molecule has 0 aliphatic heterocycles. The van der Waals surface area contributed by atoms with E-state index in [1.165, 1.54) is 11.8 Å². The van der Waals surface area contributed by atoms with Crippen molar-refractivity contribution in [1.29, 1.82) is 0 Å². The molecule has 0 unspecified atom stereocenters. The highest BCUT2D eigenvalue weighted by molar-refractivity contribution is 7.99. The Morgan fingerprint density at radius 1 is 1.16 bits per heavy atom. The largest absolute Gasteiger partial charge is 0.342 e. The van der Waals surface area contributed by atoms with Crippen molar-refractivity contribution in [3.63, 3.8) is 0 Å². The molecule has 0 bridgehead atoms. The van der Waals surface area contributed by atoms with Gasteiger partial charge in [0.1, 0.15) is 0 Å². The normalized spacial score (nSPS) is 11.7. The first kappa shape index (κ1) is 22.8. The Morgan fingerprint density at radius 3 is 2.61 bits per heavy atom. The van der Waals surface area contributed by atoms with Crippen molar-refractivity contribution < 1.29 is 9.59 Å². The van der Waals surface area contributed by atoms with E-state index >= 15 is 0 Å². The van der Waals surface area contributed by atoms with Gasteiger partial charge in [-0.15, -0.1) is 10.2 Å². The lowest BCUT2D eigenvalue weighted by molar-refractivity contribution is -0.113. The zero-order chi connectivity index (χ0) is 22.4. The minimum Gasteiger partial charge on any atom is -0.342 e. The van der Waals surface area contributed by atoms with Crippen LogP contribution in [0.3, 0.4) is 0 Å². The number of aromatic nitrogens is 3. The number of anilines is 1. The first-order valence-corrected chi connectivity index (χ1v) is 11.2. The third-order valence-electron chi connectivity index (χ3n) is 4.64. The summed E-state index contributed by atoms with van der Waals surface area (Å²) < 4.78 is 1.90. The van der Waals surface area contributed by atoms with E-state index in [4.69, 9.17) is 11.6 Å². The molecule has 2 N–H and O–H groups in total. The van der Waals surface area contributed by atoms with Gasteiger partial charge in [-0.1, -0.05) is 47.6 Å². The predicted molar refractivity (Wildman–Crippen MR) is 124 cm³/mol. The number of thioether (sulfide) groups is 1. The Balaban J connectivity index is 1.63. The molecule has 0 aliphatic rings. The Kier molecular flexibility index (Phi) is 7.70. The number of hydrogen-bond donors (Lipinski definition) is 2. The molecule has 1 atom stereocenters. The van der Waals surface area contributed by atoms with Gasteiger partial charge in [0, 0.05) is 22.8 Å². The van der Waals surface area contributed by atoms with Crippen molar-refractivity contribution >= 4 is 40.9 Å². The van der Waals surface area contributed by atoms with E-state index in [9.17, 15) is 9.59 Å². The van der Waals surface area contributed by atoms with Crippen molar-refractivity contribution in [2.24, 2.45) is 0 Å². The molecule has 3 aromatic rings. The standard InChI is InChI=1S/C22H24ClN5O2S/c1-4-28-20(15(3)24-21(30)16-8-6-5-7-9-16)26-27-22(28)31-13-19(29)25-18-12-17(23)11-10-14(18)2/h5-12,15H,4,13H2,1-3H3,(H,24,30)(H,25,29)/t15-/m1/s1. The summed E-state index contributed by atoms with van der Waals surface area (Å²) in [6.07, 6.45) is 0. The van der Waals surface area contributed by atoms with Crippen molar-refractivity contribution in [1.82, 2.24) is 20.1 Å². The number of hydrogen-bond acceptors (Lipinski definition) is 5. The average Bonchev–Trinajstić information content (AvgIpc) is 3.18. The number of halogens is 1. The first-order chi connectivity index (χ1) is 14.9. The van der Waals surface area contributed by atoms with E-state index in [1.54, 1.807) is 24.3 Å². The minimum absolute atomic E-state index is 0.159. The lowest BCUT2D eigenvalue weighted by Gasteiger charge is -2.15. The monoisotopic (exact) mass is 457 g/mol. The number of aryl methyl sites for hydroxylation is 1. The molecule has 162 valence electrons. The van der Waals surface area contributed by atoms with Crippen molar-refractivity contribution in [3.8, 4) is 0 Å². The molecule has 3 rings (SSSR count). The molecule has 7 nitrogen and oxygen atoms in total. The molecule has 2 aromatic carbocycles. The van der Waals surface area contributed by atoms with Crippen LogP contribution in [0.15, 0.2) is 53.7 Å². The van der Waals surface area contributed by atoms with E-state index in [2.05, 4.69) is 20.8 Å². The molecule has 9 heteroatoms. The highest BCUT2D eigenvalue weighted by Gasteiger charge is 2.20. The molecule has 0 aliphatic carbocycles. The Hall–Kier alpha value is -2.84. The van der Waals surface area contributed by atoms with Crippen LogP contribution in [0.5, 0.6) is 0 Å². The van der Waals surface area contributed by atoms with Crippen molar-refractivity contribution in [2.75, 3.05) is 11.1 Å². The van der Waals surface area contributed by atoms with Gasteiger partial charge in [0.05, 0.1) is 11.8 Å². The average molecular weight is 458 g/mol. The van der Waals surface area contributed by atoms with Crippen LogP contribution in [0.2, 0.25) is 5.02 Å². The minimum atomic E-state index is -0.336. The molecule has 0 saturated heterocycles. The van der Waals surface area contributed by atoms with Gasteiger partial charge < -0.3 is 15.2 Å². The lowest BCUT2D eigenvalue weighted by Crippen LogP contribution is -2.28. The van der Waals surface area contributed by atoms with Crippen LogP contribution in [0.25, 0.3) is 0 Å². The first-order valence-electron chi connectivity index (χ1n) is 9.86. The summed E-state index contributed by atoms with van der Waals surface area (Å²) >= 11 is 7.31. The fraction of sp³-hybridized carbons (Fsp3) is 0.273. The molecule has 0 radical (unpaired) electrons. The quantitative estimate of drug-likeness (QED) is 0.487. The summed E-state index contributed by atoms with van der Waals surface area (Å²) in [6, 6.07) is 14.0. The molecular weight excluding hydrogens is 434 g/mol. The van der Waals surface area contributed by atoms with Crippen LogP contribution in [0.4, 0.5) is 5.69 Å². The maximum absolute atomic E-state index is 12.4. The van der Waals surface area contributed by atoms with E-state index in [0.717, 1.165) is 5.56 Å². The van der Waals surface area contributed by atoms with Gasteiger partial charge in [-0.25, -0.2) is 0 Å². The fourth-order valence-electron chi connectivity index (χ4n) is 3.00. The van der Waals surface area contributed by atoms with E-state index < -0.39 is 0 Å². The third kappa shape index (κ3) is 5.86. The summed E-state index contributed by atoms with van der Waals surface area (Å²) in [5.74, 6) is 0.479. The van der Waals surface area contributed by atoms with E-state index in [-0.39, 0.29) is 23.6 Å². The van der Waals surface area contributed by atoms with Crippen molar-refractivity contribution in [2.45, 2.75) is 38.5 Å². The highest BCUT2D eigenvalue weighted by atomic mass is 35.5. The maximum Gasteiger partial charge on any atom is 0.251 e. The summed E-state index contributed by atoms with van der Waals surface area (Å²) in [6.45, 7) is 6.35. The predicted octanol–water partition coefficient (Wildman–Crippen LogP) is 4.48. The highest BCUT2D eigenvalue weighted by Crippen LogP contribution is 2.23. The van der Waals surface area contributed by atoms with Gasteiger partial charge in [-0.2, -0.15) is 0 Å². The molecule has 0 fully saturated rings. The number of nitrogens with one attached hydrogen (secondary N) is 2. The second-order valence-electron chi connectivity index (χ2n) is 6.94. The molecule has 2 amide bonds. The SMILES string of the molecule is CCn1c(SCC(=O)Nc2cc(Cl)ccc2C)nnc1[C@@H](C)NC(=O)c1ccccc1. The number of carbonyl (C=O) groups is 2.